The van der Waals surface area contributed by atoms with Crippen LogP contribution in [0.2, 0.25) is 0 Å². The number of nitrogens with zero attached hydrogens (tertiary/aromatic N) is 1. The van der Waals surface area contributed by atoms with E-state index in [2.05, 4.69) is 24.6 Å². The van der Waals surface area contributed by atoms with Crippen LogP contribution in [0.15, 0.2) is 30.9 Å². The first-order chi connectivity index (χ1) is 8.61. The van der Waals surface area contributed by atoms with Crippen LogP contribution < -0.4 is 15.4 Å². The minimum atomic E-state index is -0.0435. The van der Waals surface area contributed by atoms with Gasteiger partial charge in [0.15, 0.2) is 0 Å². The maximum atomic E-state index is 6.06. The molecule has 1 rings (SSSR count). The lowest BCUT2D eigenvalue weighted by Crippen LogP contribution is -2.22. The second-order valence-electron chi connectivity index (χ2n) is 4.53. The molecule has 1 aromatic rings. The van der Waals surface area contributed by atoms with E-state index in [4.69, 9.17) is 10.5 Å². The first-order valence-electron chi connectivity index (χ1n) is 6.36. The fraction of sp³-hybridized carbons (Fsp3) is 0.467. The molecule has 0 aliphatic heterocycles. The van der Waals surface area contributed by atoms with Crippen molar-refractivity contribution in [2.45, 2.75) is 25.8 Å². The Hall–Kier alpha value is -1.48. The van der Waals surface area contributed by atoms with Crippen molar-refractivity contribution in [3.63, 3.8) is 0 Å². The van der Waals surface area contributed by atoms with Crippen LogP contribution in [0, 0.1) is 0 Å². The van der Waals surface area contributed by atoms with Crippen molar-refractivity contribution in [1.29, 1.82) is 0 Å². The third-order valence-electron chi connectivity index (χ3n) is 3.03. The van der Waals surface area contributed by atoms with Crippen LogP contribution in [0.25, 0.3) is 0 Å². The van der Waals surface area contributed by atoms with Crippen LogP contribution in [-0.4, -0.2) is 20.7 Å². The van der Waals surface area contributed by atoms with E-state index < -0.39 is 0 Å². The van der Waals surface area contributed by atoms with Gasteiger partial charge in [-0.3, -0.25) is 0 Å². The summed E-state index contributed by atoms with van der Waals surface area (Å²) in [5.74, 6) is 0.859. The van der Waals surface area contributed by atoms with Gasteiger partial charge in [0.1, 0.15) is 5.75 Å². The standard InChI is InChI=1S/C15H24N2O/c1-5-6-7-11-17(3)13-9-8-10-14(18-4)15(13)12(2)16/h5,8-10,12H,1,6-7,11,16H2,2-4H3. The highest BCUT2D eigenvalue weighted by molar-refractivity contribution is 5.60. The van der Waals surface area contributed by atoms with Gasteiger partial charge in [0.05, 0.1) is 7.11 Å². The lowest BCUT2D eigenvalue weighted by atomic mass is 10.0. The number of anilines is 1. The van der Waals surface area contributed by atoms with Crippen molar-refractivity contribution in [3.8, 4) is 5.75 Å². The van der Waals surface area contributed by atoms with Crippen molar-refractivity contribution in [2.75, 3.05) is 25.6 Å². The van der Waals surface area contributed by atoms with E-state index in [1.165, 1.54) is 0 Å². The Morgan fingerprint density at radius 2 is 2.22 bits per heavy atom. The summed E-state index contributed by atoms with van der Waals surface area (Å²) >= 11 is 0. The van der Waals surface area contributed by atoms with E-state index >= 15 is 0 Å². The van der Waals surface area contributed by atoms with Gasteiger partial charge >= 0.3 is 0 Å². The Morgan fingerprint density at radius 3 is 2.78 bits per heavy atom. The highest BCUT2D eigenvalue weighted by atomic mass is 16.5. The number of nitrogens with two attached hydrogens (primary N) is 1. The van der Waals surface area contributed by atoms with Gasteiger partial charge in [-0.2, -0.15) is 0 Å². The third kappa shape index (κ3) is 3.50. The van der Waals surface area contributed by atoms with Gasteiger partial charge in [0, 0.05) is 30.9 Å². The van der Waals surface area contributed by atoms with E-state index in [9.17, 15) is 0 Å². The summed E-state index contributed by atoms with van der Waals surface area (Å²) in [6.45, 7) is 6.72. The van der Waals surface area contributed by atoms with E-state index in [1.807, 2.05) is 25.1 Å². The lowest BCUT2D eigenvalue weighted by molar-refractivity contribution is 0.407. The molecule has 1 atom stereocenters. The molecular weight excluding hydrogens is 224 g/mol. The third-order valence-corrected chi connectivity index (χ3v) is 3.03. The first kappa shape index (κ1) is 14.6. The summed E-state index contributed by atoms with van der Waals surface area (Å²) in [7, 11) is 3.77. The minimum Gasteiger partial charge on any atom is -0.496 e. The lowest BCUT2D eigenvalue weighted by Gasteiger charge is -2.25. The summed E-state index contributed by atoms with van der Waals surface area (Å²) < 4.78 is 5.40. The monoisotopic (exact) mass is 248 g/mol. The van der Waals surface area contributed by atoms with E-state index in [1.54, 1.807) is 7.11 Å². The molecule has 18 heavy (non-hydrogen) atoms. The molecule has 1 aromatic carbocycles. The molecule has 0 radical (unpaired) electrons. The van der Waals surface area contributed by atoms with Crippen molar-refractivity contribution < 1.29 is 4.74 Å². The molecule has 0 heterocycles. The fourth-order valence-corrected chi connectivity index (χ4v) is 2.09. The zero-order valence-corrected chi connectivity index (χ0v) is 11.6. The number of hydrogen-bond acceptors (Lipinski definition) is 3. The fourth-order valence-electron chi connectivity index (χ4n) is 2.09. The van der Waals surface area contributed by atoms with Crippen molar-refractivity contribution in [3.05, 3.63) is 36.4 Å². The Balaban J connectivity index is 2.95. The zero-order chi connectivity index (χ0) is 13.5. The molecule has 0 saturated carbocycles. The Bertz CT molecular complexity index is 388. The number of unbranched alkanes of at least 4 members (excludes halogenated alkanes) is 1. The summed E-state index contributed by atoms with van der Waals surface area (Å²) in [6, 6.07) is 6.01. The molecule has 0 aromatic heterocycles. The van der Waals surface area contributed by atoms with Crippen molar-refractivity contribution >= 4 is 5.69 Å². The van der Waals surface area contributed by atoms with E-state index in [-0.39, 0.29) is 6.04 Å². The smallest absolute Gasteiger partial charge is 0.125 e. The first-order valence-corrected chi connectivity index (χ1v) is 6.36. The number of rotatable bonds is 7. The summed E-state index contributed by atoms with van der Waals surface area (Å²) in [4.78, 5) is 2.23. The molecule has 0 bridgehead atoms. The number of allylic oxidation sites excluding steroid dienone is 1. The molecule has 100 valence electrons. The van der Waals surface area contributed by atoms with Gasteiger partial charge in [-0.15, -0.1) is 6.58 Å². The molecule has 0 aliphatic rings. The van der Waals surface area contributed by atoms with Gasteiger partial charge < -0.3 is 15.4 Å². The molecule has 3 nitrogen and oxygen atoms in total. The maximum absolute atomic E-state index is 6.06. The second kappa shape index (κ2) is 7.07. The van der Waals surface area contributed by atoms with Gasteiger partial charge in [-0.25, -0.2) is 0 Å². The molecule has 1 unspecified atom stereocenters. The number of benzene rings is 1. The number of ether oxygens (including phenoxy) is 1. The number of methoxy groups -OCH3 is 1. The largest absolute Gasteiger partial charge is 0.496 e. The molecule has 2 N–H and O–H groups in total. The Kier molecular flexibility index (Phi) is 5.72. The van der Waals surface area contributed by atoms with Crippen LogP contribution in [0.1, 0.15) is 31.4 Å². The van der Waals surface area contributed by atoms with Crippen LogP contribution in [0.4, 0.5) is 5.69 Å². The maximum Gasteiger partial charge on any atom is 0.125 e. The molecule has 0 amide bonds. The molecule has 0 saturated heterocycles. The Labute approximate surface area is 110 Å². The minimum absolute atomic E-state index is 0.0435. The predicted molar refractivity (Wildman–Crippen MR) is 78.3 cm³/mol. The van der Waals surface area contributed by atoms with Gasteiger partial charge in [0.2, 0.25) is 0 Å². The second-order valence-corrected chi connectivity index (χ2v) is 4.53. The van der Waals surface area contributed by atoms with Crippen LogP contribution in [-0.2, 0) is 0 Å². The SMILES string of the molecule is C=CCCCN(C)c1cccc(OC)c1C(C)N. The highest BCUT2D eigenvalue weighted by Crippen LogP contribution is 2.33. The average Bonchev–Trinajstić information content (AvgIpc) is 2.37. The predicted octanol–water partition coefficient (Wildman–Crippen LogP) is 3.12. The normalized spacial score (nSPS) is 12.0. The zero-order valence-electron chi connectivity index (χ0n) is 11.6. The topological polar surface area (TPSA) is 38.5 Å². The summed E-state index contributed by atoms with van der Waals surface area (Å²) in [5, 5.41) is 0. The summed E-state index contributed by atoms with van der Waals surface area (Å²) in [5.41, 5.74) is 8.28. The van der Waals surface area contributed by atoms with Crippen molar-refractivity contribution in [1.82, 2.24) is 0 Å². The molecule has 3 heteroatoms. The quantitative estimate of drug-likeness (QED) is 0.595. The van der Waals surface area contributed by atoms with Crippen LogP contribution in [0.3, 0.4) is 0 Å². The average molecular weight is 248 g/mol. The number of hydrogen-bond donors (Lipinski definition) is 1. The van der Waals surface area contributed by atoms with Gasteiger partial charge in [0.25, 0.3) is 0 Å². The molecule has 0 spiro atoms. The molecule has 0 aliphatic carbocycles. The van der Waals surface area contributed by atoms with Crippen molar-refractivity contribution in [2.24, 2.45) is 5.73 Å². The summed E-state index contributed by atoms with van der Waals surface area (Å²) in [6.07, 6.45) is 4.07. The van der Waals surface area contributed by atoms with Gasteiger partial charge in [-0.1, -0.05) is 12.1 Å². The van der Waals surface area contributed by atoms with Crippen LogP contribution >= 0.6 is 0 Å². The van der Waals surface area contributed by atoms with E-state index in [0.29, 0.717) is 0 Å². The Morgan fingerprint density at radius 1 is 1.50 bits per heavy atom. The molecular formula is C15H24N2O. The van der Waals surface area contributed by atoms with E-state index in [0.717, 1.165) is 36.4 Å². The van der Waals surface area contributed by atoms with Crippen LogP contribution in [0.5, 0.6) is 5.75 Å². The molecule has 0 fully saturated rings. The highest BCUT2D eigenvalue weighted by Gasteiger charge is 2.15. The van der Waals surface area contributed by atoms with Gasteiger partial charge in [-0.05, 0) is 31.9 Å².